The van der Waals surface area contributed by atoms with Gasteiger partial charge in [-0.05, 0) is 42.8 Å². The number of aromatic nitrogens is 4. The highest BCUT2D eigenvalue weighted by Gasteiger charge is 2.20. The third-order valence-corrected chi connectivity index (χ3v) is 6.29. The maximum Gasteiger partial charge on any atom is 0.297 e. The summed E-state index contributed by atoms with van der Waals surface area (Å²) in [6.07, 6.45) is 5.94. The van der Waals surface area contributed by atoms with Crippen LogP contribution in [0.15, 0.2) is 64.6 Å². The van der Waals surface area contributed by atoms with Crippen molar-refractivity contribution in [2.75, 3.05) is 20.3 Å². The van der Waals surface area contributed by atoms with Gasteiger partial charge in [-0.25, -0.2) is 4.68 Å². The molecule has 11 heteroatoms. The van der Waals surface area contributed by atoms with Crippen molar-refractivity contribution in [2.24, 2.45) is 0 Å². The molecule has 9 nitrogen and oxygen atoms in total. The van der Waals surface area contributed by atoms with E-state index in [9.17, 15) is 9.59 Å². The molecular formula is C22H22ClN5O4S. The first kappa shape index (κ1) is 23.1. The summed E-state index contributed by atoms with van der Waals surface area (Å²) in [5, 5.41) is 11.1. The first-order valence-corrected chi connectivity index (χ1v) is 11.5. The number of carbonyl (C=O) groups excluding carboxylic acids is 1. The topological polar surface area (TPSA) is 100 Å². The Hall–Kier alpha value is -3.08. The van der Waals surface area contributed by atoms with E-state index in [1.165, 1.54) is 16.3 Å². The third kappa shape index (κ3) is 5.65. The summed E-state index contributed by atoms with van der Waals surface area (Å²) in [6, 6.07) is 10.7. The van der Waals surface area contributed by atoms with Gasteiger partial charge in [-0.2, -0.15) is 0 Å². The Morgan fingerprint density at radius 2 is 2.03 bits per heavy atom. The van der Waals surface area contributed by atoms with Crippen molar-refractivity contribution in [2.45, 2.75) is 17.7 Å². The van der Waals surface area contributed by atoms with Crippen LogP contribution < -0.4 is 15.6 Å². The second-order valence-corrected chi connectivity index (χ2v) is 9.10. The van der Waals surface area contributed by atoms with Crippen molar-refractivity contribution in [3.63, 3.8) is 0 Å². The number of hydrogen-bond donors (Lipinski definition) is 1. The Morgan fingerprint density at radius 1 is 1.24 bits per heavy atom. The number of alkyl halides is 1. The number of benzene rings is 1. The van der Waals surface area contributed by atoms with E-state index in [0.717, 1.165) is 5.69 Å². The lowest BCUT2D eigenvalue weighted by Gasteiger charge is -2.10. The number of ether oxygens (including phenoxy) is 2. The second-order valence-electron chi connectivity index (χ2n) is 7.07. The van der Waals surface area contributed by atoms with Crippen molar-refractivity contribution in [3.05, 3.63) is 75.8 Å². The molecule has 1 N–H and O–H groups in total. The number of allylic oxidation sites excluding steroid dienone is 1. The number of thioether (sulfide) groups is 1. The molecule has 0 fully saturated rings. The molecule has 0 aliphatic carbocycles. The Kier molecular flexibility index (Phi) is 7.48. The van der Waals surface area contributed by atoms with Gasteiger partial charge in [-0.15, -0.1) is 28.5 Å². The summed E-state index contributed by atoms with van der Waals surface area (Å²) in [5.41, 5.74) is 1.82. The molecule has 1 aliphatic rings. The molecule has 33 heavy (non-hydrogen) atoms. The Bertz CT molecular complexity index is 1210. The molecule has 2 aromatic heterocycles. The molecular weight excluding hydrogens is 466 g/mol. The molecule has 0 bridgehead atoms. The van der Waals surface area contributed by atoms with E-state index in [1.54, 1.807) is 36.3 Å². The standard InChI is InChI=1S/C22H22ClN5O4S/c1-31-11-12-32-18-3-2-10-27(22(18)30)16-4-6-17(7-5-16)28-14-15(25-26-28)13-24-21(29)19-8-9-20(23)33-19/h2-8,10,14,20H,9,11-13H2,1H3,(H,24,29). The van der Waals surface area contributed by atoms with Crippen LogP contribution in [0.4, 0.5) is 0 Å². The lowest BCUT2D eigenvalue weighted by atomic mass is 10.2. The van der Waals surface area contributed by atoms with Gasteiger partial charge in [0.25, 0.3) is 11.5 Å². The Morgan fingerprint density at radius 3 is 2.76 bits per heavy atom. The summed E-state index contributed by atoms with van der Waals surface area (Å²) in [4.78, 5) is 25.5. The zero-order valence-electron chi connectivity index (χ0n) is 17.8. The Labute approximate surface area is 199 Å². The van der Waals surface area contributed by atoms with Crippen LogP contribution in [0.2, 0.25) is 0 Å². The van der Waals surface area contributed by atoms with Gasteiger partial charge in [0.15, 0.2) is 5.75 Å². The molecule has 1 aromatic carbocycles. The highest BCUT2D eigenvalue weighted by atomic mass is 35.5. The fraction of sp³-hybridized carbons (Fsp3) is 0.273. The average molecular weight is 488 g/mol. The summed E-state index contributed by atoms with van der Waals surface area (Å²) >= 11 is 7.36. The van der Waals surface area contributed by atoms with Gasteiger partial charge in [0, 0.05) is 19.0 Å². The second kappa shape index (κ2) is 10.7. The summed E-state index contributed by atoms with van der Waals surface area (Å²) in [7, 11) is 1.58. The van der Waals surface area contributed by atoms with Crippen molar-refractivity contribution in [3.8, 4) is 17.1 Å². The van der Waals surface area contributed by atoms with Crippen LogP contribution in [0.1, 0.15) is 12.1 Å². The molecule has 0 spiro atoms. The summed E-state index contributed by atoms with van der Waals surface area (Å²) in [5.74, 6) is 0.0934. The molecule has 1 unspecified atom stereocenters. The molecule has 0 radical (unpaired) electrons. The average Bonchev–Trinajstić information content (AvgIpc) is 3.48. The van der Waals surface area contributed by atoms with Crippen molar-refractivity contribution < 1.29 is 14.3 Å². The number of nitrogens with zero attached hydrogens (tertiary/aromatic N) is 4. The summed E-state index contributed by atoms with van der Waals surface area (Å²) in [6.45, 7) is 0.956. The quantitative estimate of drug-likeness (QED) is 0.366. The molecule has 1 amide bonds. The monoisotopic (exact) mass is 487 g/mol. The lowest BCUT2D eigenvalue weighted by molar-refractivity contribution is -0.117. The van der Waals surface area contributed by atoms with Crippen LogP contribution in [0.5, 0.6) is 5.75 Å². The van der Waals surface area contributed by atoms with Gasteiger partial charge in [0.05, 0.1) is 34.7 Å². The highest BCUT2D eigenvalue weighted by molar-refractivity contribution is 8.05. The molecule has 4 rings (SSSR count). The number of rotatable bonds is 9. The molecule has 0 saturated carbocycles. The van der Waals surface area contributed by atoms with Gasteiger partial charge < -0.3 is 14.8 Å². The lowest BCUT2D eigenvalue weighted by Crippen LogP contribution is -2.23. The van der Waals surface area contributed by atoms with Crippen LogP contribution in [-0.4, -0.2) is 50.5 Å². The third-order valence-electron chi connectivity index (χ3n) is 4.79. The first-order chi connectivity index (χ1) is 16.0. The van der Waals surface area contributed by atoms with Gasteiger partial charge in [0.2, 0.25) is 0 Å². The fourth-order valence-electron chi connectivity index (χ4n) is 3.13. The molecule has 172 valence electrons. The molecule has 1 aliphatic heterocycles. The van der Waals surface area contributed by atoms with Crippen molar-refractivity contribution in [1.82, 2.24) is 24.9 Å². The number of hydrogen-bond acceptors (Lipinski definition) is 7. The number of amides is 1. The van der Waals surface area contributed by atoms with E-state index in [2.05, 4.69) is 15.6 Å². The summed E-state index contributed by atoms with van der Waals surface area (Å²) < 4.78 is 13.5. The van der Waals surface area contributed by atoms with Crippen LogP contribution in [0, 0.1) is 0 Å². The minimum atomic E-state index is -0.254. The first-order valence-electron chi connectivity index (χ1n) is 10.2. The fourth-order valence-corrected chi connectivity index (χ4v) is 4.35. The molecule has 3 heterocycles. The number of methoxy groups -OCH3 is 1. The van der Waals surface area contributed by atoms with Gasteiger partial charge >= 0.3 is 0 Å². The van der Waals surface area contributed by atoms with Crippen LogP contribution >= 0.6 is 23.4 Å². The minimum absolute atomic E-state index is 0.0869. The van der Waals surface area contributed by atoms with Gasteiger partial charge in [-0.3, -0.25) is 14.2 Å². The Balaban J connectivity index is 1.41. The number of pyridine rings is 1. The maximum atomic E-state index is 12.7. The predicted octanol–water partition coefficient (Wildman–Crippen LogP) is 2.65. The van der Waals surface area contributed by atoms with E-state index in [1.807, 2.05) is 30.3 Å². The van der Waals surface area contributed by atoms with Crippen molar-refractivity contribution >= 4 is 29.3 Å². The maximum absolute atomic E-state index is 12.7. The van der Waals surface area contributed by atoms with E-state index < -0.39 is 0 Å². The highest BCUT2D eigenvalue weighted by Crippen LogP contribution is 2.34. The van der Waals surface area contributed by atoms with E-state index in [0.29, 0.717) is 35.9 Å². The van der Waals surface area contributed by atoms with Gasteiger partial charge in [0.1, 0.15) is 12.3 Å². The largest absolute Gasteiger partial charge is 0.485 e. The van der Waals surface area contributed by atoms with E-state index in [4.69, 9.17) is 21.1 Å². The predicted molar refractivity (Wildman–Crippen MR) is 126 cm³/mol. The SMILES string of the molecule is COCCOc1cccn(-c2ccc(-n3cc(CNC(=O)C4=CCC(Cl)S4)nn3)cc2)c1=O. The molecule has 0 saturated heterocycles. The number of carbonyl (C=O) groups is 1. The molecule has 3 aromatic rings. The van der Waals surface area contributed by atoms with Crippen LogP contribution in [0.25, 0.3) is 11.4 Å². The van der Waals surface area contributed by atoms with Gasteiger partial charge in [-0.1, -0.05) is 11.3 Å². The smallest absolute Gasteiger partial charge is 0.297 e. The van der Waals surface area contributed by atoms with Crippen LogP contribution in [0.3, 0.4) is 0 Å². The molecule has 1 atom stereocenters. The zero-order chi connectivity index (χ0) is 23.2. The van der Waals surface area contributed by atoms with E-state index in [-0.39, 0.29) is 28.5 Å². The minimum Gasteiger partial charge on any atom is -0.485 e. The normalized spacial score (nSPS) is 15.3. The van der Waals surface area contributed by atoms with E-state index >= 15 is 0 Å². The van der Waals surface area contributed by atoms with Crippen LogP contribution in [-0.2, 0) is 16.1 Å². The zero-order valence-corrected chi connectivity index (χ0v) is 19.4. The number of nitrogens with one attached hydrogen (secondary N) is 1. The number of halogens is 1. The van der Waals surface area contributed by atoms with Crippen molar-refractivity contribution in [1.29, 1.82) is 0 Å².